The number of rotatable bonds is 11. The molecule has 1 atom stereocenters. The minimum absolute atomic E-state index is 0.0988. The van der Waals surface area contributed by atoms with Crippen LogP contribution >= 0.6 is 0 Å². The molecule has 1 unspecified atom stereocenters. The number of aliphatic hydroxyl groups excluding tert-OH is 1. The summed E-state index contributed by atoms with van der Waals surface area (Å²) in [5.74, 6) is 1.44. The largest absolute Gasteiger partial charge is 0.497 e. The number of aromatic nitrogens is 3. The number of aromatic amines is 1. The number of hydrogen-bond donors (Lipinski definition) is 2. The molecule has 10 heteroatoms. The number of benzene rings is 1. The van der Waals surface area contributed by atoms with Gasteiger partial charge in [0.2, 0.25) is 5.91 Å². The average Bonchev–Trinajstić information content (AvgIpc) is 3.70. The van der Waals surface area contributed by atoms with Crippen LogP contribution in [0.15, 0.2) is 42.4 Å². The third kappa shape index (κ3) is 7.09. The number of nitrogens with one attached hydrogen (secondary N) is 1. The quantitative estimate of drug-likeness (QED) is 0.324. The Labute approximate surface area is 247 Å². The van der Waals surface area contributed by atoms with Gasteiger partial charge in [-0.15, -0.1) is 0 Å². The van der Waals surface area contributed by atoms with E-state index in [0.717, 1.165) is 53.3 Å². The molecule has 42 heavy (non-hydrogen) atoms. The molecule has 0 aliphatic carbocycles. The highest BCUT2D eigenvalue weighted by atomic mass is 16.5. The van der Waals surface area contributed by atoms with Gasteiger partial charge in [-0.25, -0.2) is 9.97 Å². The maximum absolute atomic E-state index is 11.7. The number of piperidine rings is 1. The summed E-state index contributed by atoms with van der Waals surface area (Å²) in [6.07, 6.45) is 8.31. The van der Waals surface area contributed by atoms with Crippen LogP contribution in [0.4, 0.5) is 0 Å². The predicted molar refractivity (Wildman–Crippen MR) is 160 cm³/mol. The van der Waals surface area contributed by atoms with Crippen LogP contribution in [0.2, 0.25) is 0 Å². The predicted octanol–water partition coefficient (Wildman–Crippen LogP) is 4.37. The van der Waals surface area contributed by atoms with Crippen LogP contribution in [-0.2, 0) is 9.53 Å². The van der Waals surface area contributed by atoms with E-state index in [1.807, 2.05) is 25.1 Å². The summed E-state index contributed by atoms with van der Waals surface area (Å²) in [4.78, 5) is 28.3. The van der Waals surface area contributed by atoms with E-state index in [4.69, 9.17) is 14.6 Å². The molecule has 10 nitrogen and oxygen atoms in total. The van der Waals surface area contributed by atoms with Crippen LogP contribution in [0.1, 0.15) is 63.1 Å². The van der Waals surface area contributed by atoms with Gasteiger partial charge in [-0.05, 0) is 75.5 Å². The smallest absolute Gasteiger partial charge is 0.248 e. The first-order valence-electron chi connectivity index (χ1n) is 14.9. The van der Waals surface area contributed by atoms with Crippen molar-refractivity contribution in [3.63, 3.8) is 0 Å². The first-order valence-corrected chi connectivity index (χ1v) is 14.9. The molecule has 0 saturated carbocycles. The lowest BCUT2D eigenvalue weighted by atomic mass is 10.0. The van der Waals surface area contributed by atoms with E-state index in [2.05, 4.69) is 45.0 Å². The van der Waals surface area contributed by atoms with Gasteiger partial charge < -0.3 is 24.5 Å². The van der Waals surface area contributed by atoms with E-state index in [1.165, 1.54) is 25.9 Å². The SMILES string of the molecule is C/C(=C\CC(C)c1cc2c(-c3ccc(OC4CCN(C(=O)CO)CC4)c(C#N)c3)ncnc2[nH]1)OCCN1CCCC1. The van der Waals surface area contributed by atoms with Gasteiger partial charge in [-0.3, -0.25) is 9.69 Å². The van der Waals surface area contributed by atoms with Crippen LogP contribution in [0, 0.1) is 11.3 Å². The molecule has 2 fully saturated rings. The second-order valence-electron chi connectivity index (χ2n) is 11.2. The maximum Gasteiger partial charge on any atom is 0.248 e. The average molecular weight is 573 g/mol. The van der Waals surface area contributed by atoms with Crippen molar-refractivity contribution < 1.29 is 19.4 Å². The minimum atomic E-state index is -0.478. The van der Waals surface area contributed by atoms with Crippen molar-refractivity contribution in [3.05, 3.63) is 53.7 Å². The number of amides is 1. The fourth-order valence-corrected chi connectivity index (χ4v) is 5.70. The van der Waals surface area contributed by atoms with Crippen molar-refractivity contribution in [1.82, 2.24) is 24.8 Å². The van der Waals surface area contributed by atoms with Gasteiger partial charge in [0.05, 0.1) is 17.0 Å². The molecule has 1 aromatic carbocycles. The maximum atomic E-state index is 11.7. The van der Waals surface area contributed by atoms with Crippen LogP contribution < -0.4 is 4.74 Å². The fraction of sp³-hybridized carbons (Fsp3) is 0.500. The Bertz CT molecular complexity index is 1450. The molecule has 5 rings (SSSR count). The van der Waals surface area contributed by atoms with Gasteiger partial charge in [-0.2, -0.15) is 5.26 Å². The van der Waals surface area contributed by atoms with E-state index in [1.54, 1.807) is 11.2 Å². The Hall–Kier alpha value is -3.94. The van der Waals surface area contributed by atoms with Gasteiger partial charge in [0, 0.05) is 49.1 Å². The molecular weight excluding hydrogens is 532 g/mol. The molecule has 4 heterocycles. The molecule has 0 radical (unpaired) electrons. The van der Waals surface area contributed by atoms with E-state index < -0.39 is 6.61 Å². The van der Waals surface area contributed by atoms with E-state index >= 15 is 0 Å². The highest BCUT2D eigenvalue weighted by Crippen LogP contribution is 2.33. The Morgan fingerprint density at radius 2 is 2.00 bits per heavy atom. The number of fused-ring (bicyclic) bond motifs is 1. The Kier molecular flexibility index (Phi) is 9.72. The van der Waals surface area contributed by atoms with Crippen LogP contribution in [0.25, 0.3) is 22.3 Å². The second-order valence-corrected chi connectivity index (χ2v) is 11.2. The fourth-order valence-electron chi connectivity index (χ4n) is 5.70. The molecular formula is C32H40N6O4. The number of aliphatic hydroxyl groups is 1. The van der Waals surface area contributed by atoms with Crippen LogP contribution in [-0.4, -0.2) is 87.8 Å². The molecule has 2 N–H and O–H groups in total. The summed E-state index contributed by atoms with van der Waals surface area (Å²) >= 11 is 0. The van der Waals surface area contributed by atoms with Gasteiger partial charge in [0.15, 0.2) is 0 Å². The minimum Gasteiger partial charge on any atom is -0.497 e. The van der Waals surface area contributed by atoms with E-state index in [9.17, 15) is 10.1 Å². The lowest BCUT2D eigenvalue weighted by Crippen LogP contribution is -2.42. The molecule has 2 aliphatic rings. The molecule has 0 bridgehead atoms. The van der Waals surface area contributed by atoms with Gasteiger partial charge >= 0.3 is 0 Å². The summed E-state index contributed by atoms with van der Waals surface area (Å²) in [5, 5.41) is 19.9. The molecule has 0 spiro atoms. The van der Waals surface area contributed by atoms with Gasteiger partial charge in [-0.1, -0.05) is 6.92 Å². The van der Waals surface area contributed by atoms with Crippen molar-refractivity contribution in [1.29, 1.82) is 5.26 Å². The molecule has 3 aromatic rings. The lowest BCUT2D eigenvalue weighted by molar-refractivity contribution is -0.135. The normalized spacial score (nSPS) is 17.4. The first kappa shape index (κ1) is 29.5. The van der Waals surface area contributed by atoms with Crippen molar-refractivity contribution in [2.75, 3.05) is 45.9 Å². The Morgan fingerprint density at radius 1 is 1.21 bits per heavy atom. The number of allylic oxidation sites excluding steroid dienone is 2. The summed E-state index contributed by atoms with van der Waals surface area (Å²) in [5.41, 5.74) is 3.83. The number of nitriles is 1. The Morgan fingerprint density at radius 3 is 2.74 bits per heavy atom. The van der Waals surface area contributed by atoms with Crippen LogP contribution in [0.3, 0.4) is 0 Å². The highest BCUT2D eigenvalue weighted by molar-refractivity contribution is 5.91. The van der Waals surface area contributed by atoms with Gasteiger partial charge in [0.1, 0.15) is 43.1 Å². The summed E-state index contributed by atoms with van der Waals surface area (Å²) in [7, 11) is 0. The van der Waals surface area contributed by atoms with Crippen LogP contribution in [0.5, 0.6) is 5.75 Å². The Balaban J connectivity index is 1.24. The summed E-state index contributed by atoms with van der Waals surface area (Å²) in [6, 6.07) is 9.92. The zero-order chi connectivity index (χ0) is 29.5. The molecule has 222 valence electrons. The van der Waals surface area contributed by atoms with Crippen molar-refractivity contribution in [3.8, 4) is 23.1 Å². The number of likely N-dealkylation sites (tertiary alicyclic amines) is 2. The number of ether oxygens (including phenoxy) is 2. The van der Waals surface area contributed by atoms with E-state index in [-0.39, 0.29) is 17.9 Å². The second kappa shape index (κ2) is 13.8. The highest BCUT2D eigenvalue weighted by Gasteiger charge is 2.24. The first-order chi connectivity index (χ1) is 20.4. The van der Waals surface area contributed by atoms with E-state index in [0.29, 0.717) is 37.2 Å². The standard InChI is InChI=1S/C32H40N6O4/c1-22(5-6-23(2)41-16-15-37-11-3-4-12-37)28-18-27-31(34-21-35-32(27)36-28)24-7-8-29(25(17-24)19-33)42-26-9-13-38(14-10-26)30(40)20-39/h6-8,17-18,21-22,26,39H,3-5,9-16,20H2,1-2H3,(H,34,35,36)/b23-6+. The molecule has 2 saturated heterocycles. The van der Waals surface area contributed by atoms with Crippen molar-refractivity contribution >= 4 is 16.9 Å². The molecule has 2 aliphatic heterocycles. The number of carbonyl (C=O) groups excluding carboxylic acids is 1. The molecule has 2 aromatic heterocycles. The third-order valence-corrected chi connectivity index (χ3v) is 8.27. The summed E-state index contributed by atoms with van der Waals surface area (Å²) < 4.78 is 12.1. The van der Waals surface area contributed by atoms with Crippen molar-refractivity contribution in [2.45, 2.75) is 58.0 Å². The monoisotopic (exact) mass is 572 g/mol. The zero-order valence-corrected chi connectivity index (χ0v) is 24.5. The van der Waals surface area contributed by atoms with Crippen molar-refractivity contribution in [2.24, 2.45) is 0 Å². The number of hydrogen-bond acceptors (Lipinski definition) is 8. The molecule has 1 amide bonds. The summed E-state index contributed by atoms with van der Waals surface area (Å²) in [6.45, 7) is 8.84. The number of carbonyl (C=O) groups is 1. The number of nitrogens with zero attached hydrogens (tertiary/aromatic N) is 5. The lowest BCUT2D eigenvalue weighted by Gasteiger charge is -2.32. The third-order valence-electron chi connectivity index (χ3n) is 8.27. The number of H-pyrrole nitrogens is 1. The van der Waals surface area contributed by atoms with Gasteiger partial charge in [0.25, 0.3) is 0 Å². The topological polar surface area (TPSA) is 128 Å². The zero-order valence-electron chi connectivity index (χ0n) is 24.5.